The predicted molar refractivity (Wildman–Crippen MR) is 76.0 cm³/mol. The summed E-state index contributed by atoms with van der Waals surface area (Å²) in [7, 11) is 2.19. The fourth-order valence-electron chi connectivity index (χ4n) is 3.83. The van der Waals surface area contributed by atoms with Gasteiger partial charge in [-0.2, -0.15) is 0 Å². The zero-order valence-corrected chi connectivity index (χ0v) is 11.7. The van der Waals surface area contributed by atoms with Crippen LogP contribution in [0.4, 0.5) is 5.69 Å². The van der Waals surface area contributed by atoms with Crippen LogP contribution in [0.5, 0.6) is 0 Å². The summed E-state index contributed by atoms with van der Waals surface area (Å²) in [6.07, 6.45) is 7.75. The summed E-state index contributed by atoms with van der Waals surface area (Å²) in [6, 6.07) is 4.20. The number of halogens is 1. The van der Waals surface area contributed by atoms with Crippen molar-refractivity contribution in [3.8, 4) is 0 Å². The SMILES string of the molecule is CN(CC1CC2CCC1C2)c1ccnc(CCl)c1. The van der Waals surface area contributed by atoms with Crippen LogP contribution >= 0.6 is 11.6 Å². The molecule has 3 heteroatoms. The van der Waals surface area contributed by atoms with E-state index in [1.807, 2.05) is 6.20 Å². The molecule has 1 heterocycles. The van der Waals surface area contributed by atoms with Crippen molar-refractivity contribution < 1.29 is 0 Å². The summed E-state index contributed by atoms with van der Waals surface area (Å²) in [5, 5.41) is 0. The van der Waals surface area contributed by atoms with Crippen LogP contribution in [0, 0.1) is 17.8 Å². The van der Waals surface area contributed by atoms with Crippen LogP contribution in [-0.2, 0) is 5.88 Å². The Hall–Kier alpha value is -0.760. The molecule has 0 radical (unpaired) electrons. The van der Waals surface area contributed by atoms with E-state index in [9.17, 15) is 0 Å². The van der Waals surface area contributed by atoms with Gasteiger partial charge in [0.25, 0.3) is 0 Å². The maximum atomic E-state index is 5.84. The first-order valence-electron chi connectivity index (χ1n) is 6.98. The molecule has 0 saturated heterocycles. The predicted octanol–water partition coefficient (Wildman–Crippen LogP) is 3.69. The molecule has 2 aliphatic rings. The molecule has 2 nitrogen and oxygen atoms in total. The maximum absolute atomic E-state index is 5.84. The number of hydrogen-bond donors (Lipinski definition) is 0. The molecule has 98 valence electrons. The van der Waals surface area contributed by atoms with E-state index in [2.05, 4.69) is 29.1 Å². The van der Waals surface area contributed by atoms with Gasteiger partial charge in [0.2, 0.25) is 0 Å². The van der Waals surface area contributed by atoms with Crippen LogP contribution < -0.4 is 4.90 Å². The van der Waals surface area contributed by atoms with Gasteiger partial charge in [-0.1, -0.05) is 6.42 Å². The summed E-state index contributed by atoms with van der Waals surface area (Å²) < 4.78 is 0. The monoisotopic (exact) mass is 264 g/mol. The Bertz CT molecular complexity index is 421. The van der Waals surface area contributed by atoms with Crippen molar-refractivity contribution in [3.05, 3.63) is 24.0 Å². The van der Waals surface area contributed by atoms with Gasteiger partial charge in [0.1, 0.15) is 0 Å². The molecule has 2 fully saturated rings. The highest BCUT2D eigenvalue weighted by Gasteiger charge is 2.39. The third-order valence-corrected chi connectivity index (χ3v) is 5.04. The average molecular weight is 265 g/mol. The molecule has 2 aliphatic carbocycles. The molecule has 0 aliphatic heterocycles. The third-order valence-electron chi connectivity index (χ3n) is 4.77. The lowest BCUT2D eigenvalue weighted by Gasteiger charge is -2.28. The van der Waals surface area contributed by atoms with Gasteiger partial charge in [-0.3, -0.25) is 4.98 Å². The minimum absolute atomic E-state index is 0.496. The zero-order valence-electron chi connectivity index (χ0n) is 11.0. The molecule has 0 aromatic carbocycles. The van der Waals surface area contributed by atoms with E-state index in [4.69, 9.17) is 11.6 Å². The molecule has 0 amide bonds. The van der Waals surface area contributed by atoms with Gasteiger partial charge in [-0.25, -0.2) is 0 Å². The van der Waals surface area contributed by atoms with Crippen LogP contribution in [0.15, 0.2) is 18.3 Å². The van der Waals surface area contributed by atoms with Gasteiger partial charge in [0.15, 0.2) is 0 Å². The lowest BCUT2D eigenvalue weighted by molar-refractivity contribution is 0.337. The number of aromatic nitrogens is 1. The van der Waals surface area contributed by atoms with Crippen molar-refractivity contribution in [2.45, 2.75) is 31.6 Å². The Labute approximate surface area is 114 Å². The highest BCUT2D eigenvalue weighted by molar-refractivity contribution is 6.16. The van der Waals surface area contributed by atoms with Gasteiger partial charge >= 0.3 is 0 Å². The van der Waals surface area contributed by atoms with Crippen molar-refractivity contribution >= 4 is 17.3 Å². The summed E-state index contributed by atoms with van der Waals surface area (Å²) in [4.78, 5) is 6.63. The van der Waals surface area contributed by atoms with Crippen LogP contribution in [0.25, 0.3) is 0 Å². The molecule has 1 aromatic rings. The van der Waals surface area contributed by atoms with Gasteiger partial charge < -0.3 is 4.90 Å². The van der Waals surface area contributed by atoms with Crippen LogP contribution in [-0.4, -0.2) is 18.6 Å². The second kappa shape index (κ2) is 5.08. The molecule has 3 unspecified atom stereocenters. The summed E-state index contributed by atoms with van der Waals surface area (Å²) in [6.45, 7) is 1.19. The van der Waals surface area contributed by atoms with Gasteiger partial charge in [0.05, 0.1) is 11.6 Å². The minimum Gasteiger partial charge on any atom is -0.374 e. The van der Waals surface area contributed by atoms with E-state index in [1.165, 1.54) is 37.9 Å². The number of anilines is 1. The highest BCUT2D eigenvalue weighted by atomic mass is 35.5. The number of nitrogens with zero attached hydrogens (tertiary/aromatic N) is 2. The third kappa shape index (κ3) is 2.35. The minimum atomic E-state index is 0.496. The zero-order chi connectivity index (χ0) is 12.5. The Morgan fingerprint density at radius 3 is 2.94 bits per heavy atom. The molecule has 0 N–H and O–H groups in total. The smallest absolute Gasteiger partial charge is 0.0648 e. The van der Waals surface area contributed by atoms with E-state index in [0.717, 1.165) is 23.4 Å². The van der Waals surface area contributed by atoms with Crippen molar-refractivity contribution in [2.75, 3.05) is 18.5 Å². The Kier molecular flexibility index (Phi) is 3.47. The first kappa shape index (κ1) is 12.3. The molecule has 2 bridgehead atoms. The Balaban J connectivity index is 1.65. The molecule has 2 saturated carbocycles. The van der Waals surface area contributed by atoms with Crippen LogP contribution in [0.2, 0.25) is 0 Å². The second-order valence-electron chi connectivity index (χ2n) is 5.95. The molecule has 3 rings (SSSR count). The quantitative estimate of drug-likeness (QED) is 0.771. The molecule has 1 aromatic heterocycles. The van der Waals surface area contributed by atoms with E-state index >= 15 is 0 Å². The lowest BCUT2D eigenvalue weighted by Crippen LogP contribution is -2.28. The largest absolute Gasteiger partial charge is 0.374 e. The van der Waals surface area contributed by atoms with Crippen molar-refractivity contribution in [2.24, 2.45) is 17.8 Å². The number of fused-ring (bicyclic) bond motifs is 2. The fraction of sp³-hybridized carbons (Fsp3) is 0.667. The van der Waals surface area contributed by atoms with Gasteiger partial charge in [-0.15, -0.1) is 11.6 Å². The molecule has 0 spiro atoms. The van der Waals surface area contributed by atoms with Crippen molar-refractivity contribution in [1.29, 1.82) is 0 Å². The highest BCUT2D eigenvalue weighted by Crippen LogP contribution is 2.48. The molecule has 18 heavy (non-hydrogen) atoms. The van der Waals surface area contributed by atoms with E-state index in [-0.39, 0.29) is 0 Å². The first-order valence-corrected chi connectivity index (χ1v) is 7.51. The fourth-order valence-corrected chi connectivity index (χ4v) is 3.98. The molecular formula is C15H21ClN2. The summed E-state index contributed by atoms with van der Waals surface area (Å²) in [5.74, 6) is 3.42. The van der Waals surface area contributed by atoms with Crippen molar-refractivity contribution in [1.82, 2.24) is 4.98 Å². The van der Waals surface area contributed by atoms with Crippen molar-refractivity contribution in [3.63, 3.8) is 0 Å². The normalized spacial score (nSPS) is 29.8. The van der Waals surface area contributed by atoms with Crippen LogP contribution in [0.1, 0.15) is 31.4 Å². The number of hydrogen-bond acceptors (Lipinski definition) is 2. The van der Waals surface area contributed by atoms with Gasteiger partial charge in [-0.05, 0) is 49.1 Å². The lowest BCUT2D eigenvalue weighted by atomic mass is 9.88. The Morgan fingerprint density at radius 2 is 2.28 bits per heavy atom. The summed E-state index contributed by atoms with van der Waals surface area (Å²) in [5.41, 5.74) is 2.22. The number of pyridine rings is 1. The van der Waals surface area contributed by atoms with Gasteiger partial charge in [0, 0.05) is 25.5 Å². The second-order valence-corrected chi connectivity index (χ2v) is 6.22. The number of rotatable bonds is 4. The topological polar surface area (TPSA) is 16.1 Å². The first-order chi connectivity index (χ1) is 8.76. The number of alkyl halides is 1. The van der Waals surface area contributed by atoms with Crippen LogP contribution in [0.3, 0.4) is 0 Å². The molecule has 3 atom stereocenters. The summed E-state index contributed by atoms with van der Waals surface area (Å²) >= 11 is 5.84. The van der Waals surface area contributed by atoms with E-state index in [0.29, 0.717) is 5.88 Å². The molecular weight excluding hydrogens is 244 g/mol. The Morgan fingerprint density at radius 1 is 1.39 bits per heavy atom. The average Bonchev–Trinajstić information content (AvgIpc) is 3.01. The van der Waals surface area contributed by atoms with E-state index < -0.39 is 0 Å². The standard InChI is InChI=1S/C15H21ClN2/c1-18(15-4-5-17-14(8-15)9-16)10-13-7-11-2-3-12(13)6-11/h4-5,8,11-13H,2-3,6-7,9-10H2,1H3. The van der Waals surface area contributed by atoms with E-state index in [1.54, 1.807) is 0 Å². The maximum Gasteiger partial charge on any atom is 0.0648 e.